The Morgan fingerprint density at radius 3 is 2.34 bits per heavy atom. The van der Waals surface area contributed by atoms with Crippen LogP contribution in [0, 0.1) is 0 Å². The minimum absolute atomic E-state index is 0.0314. The second-order valence-corrected chi connectivity index (χ2v) is 9.81. The summed E-state index contributed by atoms with van der Waals surface area (Å²) in [6.45, 7) is 0.234. The lowest BCUT2D eigenvalue weighted by Crippen LogP contribution is -2.19. The van der Waals surface area contributed by atoms with Crippen LogP contribution in [-0.4, -0.2) is 41.3 Å². The van der Waals surface area contributed by atoms with Crippen LogP contribution in [0.15, 0.2) is 75.9 Å². The number of phenolic OH excluding ortho intramolecular Hbond substituents is 4. The lowest BCUT2D eigenvalue weighted by atomic mass is 9.87. The van der Waals surface area contributed by atoms with E-state index in [1.165, 1.54) is 44.6 Å². The van der Waals surface area contributed by atoms with Crippen molar-refractivity contribution in [1.82, 2.24) is 0 Å². The van der Waals surface area contributed by atoms with Gasteiger partial charge in [0.15, 0.2) is 0 Å². The normalized spacial score (nSPS) is 14.3. The summed E-state index contributed by atoms with van der Waals surface area (Å²) < 4.78 is 23.0. The summed E-state index contributed by atoms with van der Waals surface area (Å²) in [6, 6.07) is 16.8. The summed E-state index contributed by atoms with van der Waals surface area (Å²) in [6.07, 6.45) is 0.524. The molecule has 208 valence electrons. The monoisotopic (exact) mass is 554 g/mol. The van der Waals surface area contributed by atoms with E-state index in [4.69, 9.17) is 18.6 Å². The molecule has 0 bridgehead atoms. The predicted octanol–water partition coefficient (Wildman–Crippen LogP) is 5.69. The summed E-state index contributed by atoms with van der Waals surface area (Å²) in [5.41, 5.74) is 1.72. The van der Waals surface area contributed by atoms with Crippen LogP contribution >= 0.6 is 0 Å². The van der Waals surface area contributed by atoms with Crippen molar-refractivity contribution in [2.45, 2.75) is 12.3 Å². The third-order valence-corrected chi connectivity index (χ3v) is 7.34. The molecular weight excluding hydrogens is 528 g/mol. The van der Waals surface area contributed by atoms with Crippen molar-refractivity contribution < 1.29 is 39.1 Å². The van der Waals surface area contributed by atoms with E-state index in [1.807, 2.05) is 0 Å². The van der Waals surface area contributed by atoms with Crippen LogP contribution in [0.3, 0.4) is 0 Å². The molecule has 0 aliphatic carbocycles. The minimum Gasteiger partial charge on any atom is -0.508 e. The van der Waals surface area contributed by atoms with Crippen LogP contribution in [-0.2, 0) is 6.42 Å². The second-order valence-electron chi connectivity index (χ2n) is 9.81. The Kier molecular flexibility index (Phi) is 6.34. The van der Waals surface area contributed by atoms with Gasteiger partial charge in [-0.2, -0.15) is 0 Å². The van der Waals surface area contributed by atoms with E-state index in [1.54, 1.807) is 36.4 Å². The predicted molar refractivity (Wildman–Crippen MR) is 152 cm³/mol. The molecule has 9 nitrogen and oxygen atoms in total. The molecule has 0 saturated carbocycles. The molecule has 1 aliphatic rings. The van der Waals surface area contributed by atoms with E-state index in [2.05, 4.69) is 0 Å². The van der Waals surface area contributed by atoms with Gasteiger partial charge in [-0.25, -0.2) is 0 Å². The van der Waals surface area contributed by atoms with Crippen molar-refractivity contribution in [1.29, 1.82) is 0 Å². The van der Waals surface area contributed by atoms with Gasteiger partial charge in [-0.15, -0.1) is 0 Å². The molecule has 4 N–H and O–H groups in total. The molecule has 2 heterocycles. The summed E-state index contributed by atoms with van der Waals surface area (Å²) in [5.74, 6) is 0.790. The first-order valence-corrected chi connectivity index (χ1v) is 12.8. The molecule has 9 heteroatoms. The highest BCUT2D eigenvalue weighted by Crippen LogP contribution is 2.46. The zero-order valence-electron chi connectivity index (χ0n) is 22.2. The minimum atomic E-state index is -0.437. The van der Waals surface area contributed by atoms with Crippen LogP contribution in [0.25, 0.3) is 33.4 Å². The topological polar surface area (TPSA) is 139 Å². The molecule has 1 aliphatic heterocycles. The SMILES string of the molecule is COc1ccc(-c2c(-c3cc([C@H]4COc5cc(O)ccc5C4)c(O)cc3OC)oc3cc(O)ccc3c2=O)c(O)c1. The first-order chi connectivity index (χ1) is 19.8. The van der Waals surface area contributed by atoms with Gasteiger partial charge in [-0.1, -0.05) is 6.07 Å². The van der Waals surface area contributed by atoms with Gasteiger partial charge in [0, 0.05) is 41.3 Å². The third-order valence-electron chi connectivity index (χ3n) is 7.34. The van der Waals surface area contributed by atoms with Crippen LogP contribution < -0.4 is 19.6 Å². The van der Waals surface area contributed by atoms with Crippen molar-refractivity contribution in [3.8, 4) is 62.7 Å². The van der Waals surface area contributed by atoms with Crippen molar-refractivity contribution in [2.24, 2.45) is 0 Å². The number of rotatable bonds is 5. The molecule has 0 fully saturated rings. The lowest BCUT2D eigenvalue weighted by molar-refractivity contribution is 0.258. The first-order valence-electron chi connectivity index (χ1n) is 12.8. The largest absolute Gasteiger partial charge is 0.508 e. The molecule has 0 radical (unpaired) electrons. The number of hydrogen-bond acceptors (Lipinski definition) is 9. The number of aromatic hydroxyl groups is 4. The molecule has 0 amide bonds. The van der Waals surface area contributed by atoms with Crippen molar-refractivity contribution >= 4 is 11.0 Å². The number of ether oxygens (including phenoxy) is 3. The quantitative estimate of drug-likeness (QED) is 0.216. The van der Waals surface area contributed by atoms with Gasteiger partial charge in [0.2, 0.25) is 5.43 Å². The first kappa shape index (κ1) is 25.9. The van der Waals surface area contributed by atoms with Crippen LogP contribution in [0.1, 0.15) is 17.0 Å². The number of benzene rings is 4. The molecule has 0 spiro atoms. The summed E-state index contributed by atoms with van der Waals surface area (Å²) in [5, 5.41) is 42.1. The maximum absolute atomic E-state index is 13.9. The number of phenols is 4. The Morgan fingerprint density at radius 1 is 0.805 bits per heavy atom. The molecule has 0 saturated heterocycles. The summed E-state index contributed by atoms with van der Waals surface area (Å²) in [7, 11) is 2.90. The summed E-state index contributed by atoms with van der Waals surface area (Å²) in [4.78, 5) is 13.9. The van der Waals surface area contributed by atoms with Crippen molar-refractivity contribution in [2.75, 3.05) is 20.8 Å². The average Bonchev–Trinajstić information content (AvgIpc) is 2.96. The Balaban J connectivity index is 1.59. The maximum Gasteiger partial charge on any atom is 0.201 e. The van der Waals surface area contributed by atoms with E-state index >= 15 is 0 Å². The third kappa shape index (κ3) is 4.51. The summed E-state index contributed by atoms with van der Waals surface area (Å²) >= 11 is 0. The standard InChI is InChI=1S/C32H26O9/c1-38-20-6-8-21(25(35)12-20)30-31(37)22-7-5-19(34)11-29(22)41-32(30)24-13-23(26(36)14-28(24)39-2)17-9-16-3-4-18(33)10-27(16)40-15-17/h3-8,10-14,17,33-36H,9,15H2,1-2H3/t17-/m1/s1. The van der Waals surface area contributed by atoms with Gasteiger partial charge >= 0.3 is 0 Å². The average molecular weight is 555 g/mol. The molecule has 41 heavy (non-hydrogen) atoms. The van der Waals surface area contributed by atoms with E-state index in [0.717, 1.165) is 5.56 Å². The molecule has 1 aromatic heterocycles. The zero-order chi connectivity index (χ0) is 28.8. The molecule has 5 aromatic rings. The van der Waals surface area contributed by atoms with E-state index in [0.29, 0.717) is 29.0 Å². The number of fused-ring (bicyclic) bond motifs is 2. The molecule has 1 atom stereocenters. The highest BCUT2D eigenvalue weighted by Gasteiger charge is 2.29. The van der Waals surface area contributed by atoms with Gasteiger partial charge in [0.25, 0.3) is 0 Å². The van der Waals surface area contributed by atoms with Crippen LogP contribution in [0.5, 0.6) is 40.2 Å². The van der Waals surface area contributed by atoms with E-state index in [9.17, 15) is 25.2 Å². The highest BCUT2D eigenvalue weighted by molar-refractivity contribution is 5.92. The maximum atomic E-state index is 13.9. The molecule has 6 rings (SSSR count). The molecule has 0 unspecified atom stereocenters. The van der Waals surface area contributed by atoms with E-state index < -0.39 is 5.43 Å². The second kappa shape index (κ2) is 10.0. The van der Waals surface area contributed by atoms with Crippen LogP contribution in [0.4, 0.5) is 0 Å². The smallest absolute Gasteiger partial charge is 0.201 e. The Bertz CT molecular complexity index is 1870. The number of methoxy groups -OCH3 is 2. The van der Waals surface area contributed by atoms with Crippen molar-refractivity contribution in [3.05, 3.63) is 88.1 Å². The van der Waals surface area contributed by atoms with Gasteiger partial charge in [0.05, 0.1) is 37.3 Å². The highest BCUT2D eigenvalue weighted by atomic mass is 16.5. The fourth-order valence-electron chi connectivity index (χ4n) is 5.29. The number of hydrogen-bond donors (Lipinski definition) is 4. The lowest BCUT2D eigenvalue weighted by Gasteiger charge is -2.27. The zero-order valence-corrected chi connectivity index (χ0v) is 22.2. The van der Waals surface area contributed by atoms with Gasteiger partial charge in [-0.3, -0.25) is 4.79 Å². The molecular formula is C32H26O9. The van der Waals surface area contributed by atoms with Gasteiger partial charge in [0.1, 0.15) is 51.6 Å². The van der Waals surface area contributed by atoms with Gasteiger partial charge in [-0.05, 0) is 48.4 Å². The molecule has 4 aromatic carbocycles. The fraction of sp³-hybridized carbons (Fsp3) is 0.156. The van der Waals surface area contributed by atoms with Crippen LogP contribution in [0.2, 0.25) is 0 Å². The Morgan fingerprint density at radius 2 is 1.59 bits per heavy atom. The fourth-order valence-corrected chi connectivity index (χ4v) is 5.29. The van der Waals surface area contributed by atoms with Crippen molar-refractivity contribution in [3.63, 3.8) is 0 Å². The Hall–Kier alpha value is -5.31. The van der Waals surface area contributed by atoms with Gasteiger partial charge < -0.3 is 39.1 Å². The Labute approximate surface area is 234 Å². The van der Waals surface area contributed by atoms with E-state index in [-0.39, 0.29) is 69.1 Å².